The Hall–Kier alpha value is -10.3. The zero-order chi connectivity index (χ0) is 70.8. The molecule has 0 unspecified atom stereocenters. The zero-order valence-electron chi connectivity index (χ0n) is 57.1. The Morgan fingerprint density at radius 1 is 0.653 bits per heavy atom. The molecule has 7 rings (SSSR count). The molecule has 0 bridgehead atoms. The molecule has 1 aliphatic heterocycles. The van der Waals surface area contributed by atoms with Gasteiger partial charge in [0.05, 0.1) is 17.4 Å². The molecule has 7 atom stereocenters. The van der Waals surface area contributed by atoms with Crippen LogP contribution in [-0.2, 0) is 44.8 Å². The highest BCUT2D eigenvalue weighted by Gasteiger charge is 2.34. The Morgan fingerprint density at radius 3 is 1.88 bits per heavy atom. The van der Waals surface area contributed by atoms with Gasteiger partial charge in [-0.1, -0.05) is 44.2 Å². The molecular formula is C71H96N17O10+. The molecule has 27 heteroatoms. The van der Waals surface area contributed by atoms with Gasteiger partial charge in [-0.25, -0.2) is 9.78 Å². The van der Waals surface area contributed by atoms with E-state index < -0.39 is 77.8 Å². The standard InChI is InChI=1S/C71H95N17O10/c1-8-87(9-2)52-31-35-55-62(43-52)88(51-18-11-10-12-19-51)61-42-49(28-34-54(61)79-55)85-84-48-26-29-50(30-27-48)86(7)39-17-23-63(90)75-36-14-13-20-57(67(94)77-45(5)64(91)81-58(70(97)98)22-16-38-76-71(72)73)80-69(96)60(41-47-24-32-53(89)33-25-47)82-65(92)46(6)78-68(95)59(40-44(3)4)83-66(93)56-21-15-37-74-56/h10-12,18-19,24-35,42-46,56-60,74H,8-9,13-17,20-23,36-41H2,1-7H3,(H12-,72,73,75,76,77,78,80,81,82,83,89,90,91,92,93,94,95,96,97,98)/p+1/t45-,46-,56-,57-,58-,59-,60-/m0/s1. The molecule has 1 aromatic heterocycles. The summed E-state index contributed by atoms with van der Waals surface area (Å²) in [4.78, 5) is 121. The SMILES string of the molecule is CCN(CC)c1ccc2nc3ccc(N=Nc4ccc(N(C)CCCC(=O)NCCCC[C@H](NC(=O)[C@H](Cc5ccc(O)cc5)NC(=O)[C@H](C)NC(=O)[C@H](CC(C)C)NC(=O)[C@@H]5CCCN5)C(=O)N[C@@H](C)C(=O)N[C@@H](CCCN=C(N)N)C(=O)O)cc4)cc3[n+](-c3ccccc3)c2c1. The van der Waals surface area contributed by atoms with Gasteiger partial charge < -0.3 is 74.0 Å². The lowest BCUT2D eigenvalue weighted by atomic mass is 10.0. The second kappa shape index (κ2) is 37.3. The maximum Gasteiger partial charge on any atom is 0.326 e. The van der Waals surface area contributed by atoms with Gasteiger partial charge in [-0.05, 0) is 164 Å². The molecule has 27 nitrogen and oxygen atoms in total. The summed E-state index contributed by atoms with van der Waals surface area (Å²) in [5.74, 6) is -5.86. The number of aliphatic carboxylic acids is 1. The number of nitrogens with one attached hydrogen (secondary N) is 8. The molecule has 0 saturated carbocycles. The van der Waals surface area contributed by atoms with E-state index in [2.05, 4.69) is 111 Å². The molecular weight excluding hydrogens is 1250 g/mol. The van der Waals surface area contributed by atoms with Crippen LogP contribution in [0.2, 0.25) is 0 Å². The molecule has 1 aliphatic rings. The topological polar surface area (TPSA) is 386 Å². The van der Waals surface area contributed by atoms with Crippen molar-refractivity contribution in [1.29, 1.82) is 0 Å². The molecule has 0 radical (unpaired) electrons. The minimum absolute atomic E-state index is 0.000820. The van der Waals surface area contributed by atoms with Gasteiger partial charge in [-0.3, -0.25) is 38.6 Å². The summed E-state index contributed by atoms with van der Waals surface area (Å²) in [6.45, 7) is 14.2. The largest absolute Gasteiger partial charge is 0.508 e. The van der Waals surface area contributed by atoms with Crippen LogP contribution in [0.4, 0.5) is 22.7 Å². The molecule has 524 valence electrons. The number of carboxylic acids is 1. The van der Waals surface area contributed by atoms with Gasteiger partial charge in [0, 0.05) is 88.3 Å². The molecule has 5 aromatic carbocycles. The fraction of sp³-hybridized carbons (Fsp3) is 0.451. The number of anilines is 2. The molecule has 0 aliphatic carbocycles. The number of amides is 7. The number of carbonyl (C=O) groups excluding carboxylic acids is 7. The third-order valence-corrected chi connectivity index (χ3v) is 16.9. The van der Waals surface area contributed by atoms with Gasteiger partial charge in [0.1, 0.15) is 53.0 Å². The Bertz CT molecular complexity index is 3750. The number of benzene rings is 5. The number of rotatable bonds is 37. The van der Waals surface area contributed by atoms with Gasteiger partial charge in [-0.15, -0.1) is 4.57 Å². The van der Waals surface area contributed by atoms with Crippen LogP contribution >= 0.6 is 0 Å². The average molecular weight is 1350 g/mol. The van der Waals surface area contributed by atoms with E-state index in [0.29, 0.717) is 49.3 Å². The summed E-state index contributed by atoms with van der Waals surface area (Å²) in [6, 6.07) is 28.1. The molecule has 0 spiro atoms. The number of aromatic nitrogens is 2. The Balaban J connectivity index is 0.956. The van der Waals surface area contributed by atoms with E-state index in [1.54, 1.807) is 12.1 Å². The predicted octanol–water partition coefficient (Wildman–Crippen LogP) is 5.26. The van der Waals surface area contributed by atoms with E-state index in [9.17, 15) is 48.6 Å². The predicted molar refractivity (Wildman–Crippen MR) is 377 cm³/mol. The lowest BCUT2D eigenvalue weighted by Gasteiger charge is -2.27. The van der Waals surface area contributed by atoms with Crippen LogP contribution in [0.5, 0.6) is 5.75 Å². The van der Waals surface area contributed by atoms with Crippen LogP contribution < -0.4 is 68.4 Å². The van der Waals surface area contributed by atoms with Crippen LogP contribution in [0, 0.1) is 5.92 Å². The number of azo groups is 1. The minimum Gasteiger partial charge on any atom is -0.508 e. The minimum atomic E-state index is -1.37. The van der Waals surface area contributed by atoms with Crippen LogP contribution in [0.15, 0.2) is 130 Å². The van der Waals surface area contributed by atoms with Crippen LogP contribution in [0.25, 0.3) is 27.8 Å². The Morgan fingerprint density at radius 2 is 1.24 bits per heavy atom. The molecule has 1 saturated heterocycles. The number of hydrogen-bond acceptors (Lipinski definition) is 16. The van der Waals surface area contributed by atoms with Gasteiger partial charge in [-0.2, -0.15) is 10.2 Å². The molecule has 6 aromatic rings. The summed E-state index contributed by atoms with van der Waals surface area (Å²) < 4.78 is 2.22. The highest BCUT2D eigenvalue weighted by Crippen LogP contribution is 2.28. The van der Waals surface area contributed by atoms with Crippen molar-refractivity contribution in [3.8, 4) is 11.4 Å². The fourth-order valence-electron chi connectivity index (χ4n) is 11.4. The van der Waals surface area contributed by atoms with Gasteiger partial charge in [0.2, 0.25) is 58.1 Å². The van der Waals surface area contributed by atoms with E-state index >= 15 is 0 Å². The lowest BCUT2D eigenvalue weighted by molar-refractivity contribution is -0.538. The molecule has 14 N–H and O–H groups in total. The van der Waals surface area contributed by atoms with Gasteiger partial charge >= 0.3 is 5.97 Å². The second-order valence-corrected chi connectivity index (χ2v) is 25.0. The summed E-state index contributed by atoms with van der Waals surface area (Å²) in [7, 11) is 1.94. The quantitative estimate of drug-likeness (QED) is 0.00591. The van der Waals surface area contributed by atoms with Crippen molar-refractivity contribution in [2.45, 2.75) is 154 Å². The van der Waals surface area contributed by atoms with E-state index in [0.717, 1.165) is 58.6 Å². The first kappa shape index (κ1) is 75.1. The molecule has 1 fully saturated rings. The number of unbranched alkanes of at least 4 members (excludes halogenated alkanes) is 1. The lowest BCUT2D eigenvalue weighted by Crippen LogP contribution is -2.59. The number of nitrogens with zero attached hydrogens (tertiary/aromatic N) is 7. The fourth-order valence-corrected chi connectivity index (χ4v) is 11.4. The number of aliphatic imine (C=N–C) groups is 1. The monoisotopic (exact) mass is 1350 g/mol. The van der Waals surface area contributed by atoms with Crippen molar-refractivity contribution in [2.24, 2.45) is 32.6 Å². The number of carboxylic acid groups (broad SMARTS) is 1. The van der Waals surface area contributed by atoms with Gasteiger partial charge in [0.15, 0.2) is 5.96 Å². The van der Waals surface area contributed by atoms with Gasteiger partial charge in [0.25, 0.3) is 0 Å². The number of aromatic hydroxyl groups is 1. The number of fused-ring (bicyclic) bond motifs is 2. The number of phenolic OH excluding ortho intramolecular Hbond substituents is 1. The summed E-state index contributed by atoms with van der Waals surface area (Å²) >= 11 is 0. The van der Waals surface area contributed by atoms with Crippen molar-refractivity contribution in [1.82, 2.24) is 47.5 Å². The second-order valence-electron chi connectivity index (χ2n) is 25.0. The van der Waals surface area contributed by atoms with Crippen LogP contribution in [0.1, 0.15) is 111 Å². The van der Waals surface area contributed by atoms with E-state index in [4.69, 9.17) is 16.5 Å². The number of nitrogens with two attached hydrogens (primary N) is 2. The smallest absolute Gasteiger partial charge is 0.326 e. The first-order chi connectivity index (χ1) is 47.0. The number of hydrogen-bond donors (Lipinski definition) is 12. The first-order valence-corrected chi connectivity index (χ1v) is 33.7. The highest BCUT2D eigenvalue weighted by molar-refractivity contribution is 5.97. The molecule has 7 amide bonds. The van der Waals surface area contributed by atoms with Crippen LogP contribution in [0.3, 0.4) is 0 Å². The average Bonchev–Trinajstić information content (AvgIpc) is 0.805. The normalized spacial score (nSPS) is 14.7. The van der Waals surface area contributed by atoms with E-state index in [1.807, 2.05) is 86.5 Å². The van der Waals surface area contributed by atoms with Crippen molar-refractivity contribution in [2.75, 3.05) is 56.1 Å². The third kappa shape index (κ3) is 22.7. The van der Waals surface area contributed by atoms with Crippen molar-refractivity contribution >= 4 is 98.1 Å². The van der Waals surface area contributed by atoms with Crippen LogP contribution in [-0.4, -0.2) is 157 Å². The van der Waals surface area contributed by atoms with E-state index in [-0.39, 0.29) is 87.5 Å². The number of guanidine groups is 1. The van der Waals surface area contributed by atoms with Crippen molar-refractivity contribution in [3.05, 3.63) is 121 Å². The Kier molecular flexibility index (Phi) is 28.6. The summed E-state index contributed by atoms with van der Waals surface area (Å²) in [6.07, 6.45) is 3.17. The third-order valence-electron chi connectivity index (χ3n) is 16.9. The Labute approximate surface area is 571 Å². The zero-order valence-corrected chi connectivity index (χ0v) is 57.1. The maximum atomic E-state index is 14.5. The molecule has 2 heterocycles. The summed E-state index contributed by atoms with van der Waals surface area (Å²) in [5.41, 5.74) is 19.2. The number of para-hydroxylation sites is 1. The maximum absolute atomic E-state index is 14.5. The highest BCUT2D eigenvalue weighted by atomic mass is 16.4. The van der Waals surface area contributed by atoms with Crippen molar-refractivity contribution in [3.63, 3.8) is 0 Å². The molecule has 98 heavy (non-hydrogen) atoms. The number of carbonyl (C=O) groups is 8. The van der Waals surface area contributed by atoms with Crippen molar-refractivity contribution < 1.29 is 53.1 Å². The summed E-state index contributed by atoms with van der Waals surface area (Å²) in [5, 5.41) is 51.1. The first-order valence-electron chi connectivity index (χ1n) is 33.7. The number of phenols is 1. The van der Waals surface area contributed by atoms with E-state index in [1.165, 1.54) is 26.0 Å².